The molecule has 3 heterocycles. The molecule has 2 aromatic heterocycles. The van der Waals surface area contributed by atoms with Crippen LogP contribution in [0.25, 0.3) is 11.6 Å². The van der Waals surface area contributed by atoms with E-state index in [-0.39, 0.29) is 5.03 Å². The van der Waals surface area contributed by atoms with Crippen molar-refractivity contribution in [2.24, 2.45) is 10.4 Å². The van der Waals surface area contributed by atoms with E-state index in [0.717, 1.165) is 22.4 Å². The number of allylic oxidation sites excluding steroid dienone is 4. The second-order valence-electron chi connectivity index (χ2n) is 8.09. The number of halogens is 5. The van der Waals surface area contributed by atoms with Crippen LogP contribution in [-0.2, 0) is 9.47 Å². The maximum absolute atomic E-state index is 13.2. The zero-order valence-electron chi connectivity index (χ0n) is 19.6. The Labute approximate surface area is 210 Å². The summed E-state index contributed by atoms with van der Waals surface area (Å²) in [7, 11) is 1.46. The summed E-state index contributed by atoms with van der Waals surface area (Å²) in [5.41, 5.74) is 1.94. The van der Waals surface area contributed by atoms with Gasteiger partial charge in [0.1, 0.15) is 24.0 Å². The second kappa shape index (κ2) is 11.6. The number of ether oxygens (including phenoxy) is 2. The number of alkyl halides is 4. The van der Waals surface area contributed by atoms with E-state index in [0.29, 0.717) is 17.5 Å². The molecule has 0 aromatic carbocycles. The predicted molar refractivity (Wildman–Crippen MR) is 130 cm³/mol. The maximum Gasteiger partial charge on any atom is 0.422 e. The predicted octanol–water partition coefficient (Wildman–Crippen LogP) is 5.14. The summed E-state index contributed by atoms with van der Waals surface area (Å²) in [6, 6.07) is 3.79. The van der Waals surface area contributed by atoms with Crippen LogP contribution in [0.2, 0.25) is 0 Å². The molecule has 2 atom stereocenters. The number of H-pyrrole nitrogens is 1. The highest BCUT2D eigenvalue weighted by Gasteiger charge is 2.38. The number of hydrogen-bond acceptors (Lipinski definition) is 4. The Hall–Kier alpha value is -3.35. The molecule has 36 heavy (non-hydrogen) atoms. The van der Waals surface area contributed by atoms with Crippen molar-refractivity contribution in [2.45, 2.75) is 25.6 Å². The Bertz CT molecular complexity index is 1320. The molecule has 1 aliphatic rings. The van der Waals surface area contributed by atoms with E-state index in [1.54, 1.807) is 31.7 Å². The normalized spacial score (nSPS) is 16.9. The fraction of sp³-hybridized carbons (Fsp3) is 0.308. The van der Waals surface area contributed by atoms with Gasteiger partial charge in [-0.25, -0.2) is 9.38 Å². The highest BCUT2D eigenvalue weighted by molar-refractivity contribution is 6.30. The number of rotatable bonds is 9. The zero-order chi connectivity index (χ0) is 26.3. The number of terminal acetylenes is 1. The zero-order valence-corrected chi connectivity index (χ0v) is 20.3. The summed E-state index contributed by atoms with van der Waals surface area (Å²) in [4.78, 5) is 11.8. The van der Waals surface area contributed by atoms with Crippen molar-refractivity contribution in [3.63, 3.8) is 0 Å². The maximum atomic E-state index is 13.2. The minimum Gasteiger partial charge on any atom is -0.486 e. The molecule has 0 saturated heterocycles. The van der Waals surface area contributed by atoms with Crippen molar-refractivity contribution in [1.82, 2.24) is 9.97 Å². The third-order valence-corrected chi connectivity index (χ3v) is 6.16. The van der Waals surface area contributed by atoms with Gasteiger partial charge in [-0.05, 0) is 42.7 Å². The van der Waals surface area contributed by atoms with Crippen molar-refractivity contribution >= 4 is 23.3 Å². The molecule has 2 aromatic rings. The minimum atomic E-state index is -4.60. The van der Waals surface area contributed by atoms with Crippen LogP contribution in [-0.4, -0.2) is 36.5 Å². The highest BCUT2D eigenvalue weighted by Crippen LogP contribution is 2.43. The number of pyridine rings is 1. The van der Waals surface area contributed by atoms with Gasteiger partial charge in [0, 0.05) is 47.7 Å². The standard InChI is InChI=1S/C26H24ClF4N3O2/c1-4-25(2,22(27)10-8-19(12-28)36-16-26(29,30)31)23(35-3)21-15-34-24-20(21)9-7-18(14-33-24)17-6-5-11-32-13-17/h1,5-6,8-11,13-15,23H,7,12,16H2,2-3H3,(H,33,34)/b19-8+,22-10+. The van der Waals surface area contributed by atoms with E-state index >= 15 is 0 Å². The van der Waals surface area contributed by atoms with Gasteiger partial charge in [-0.1, -0.05) is 29.7 Å². The van der Waals surface area contributed by atoms with E-state index in [9.17, 15) is 17.6 Å². The largest absolute Gasteiger partial charge is 0.486 e. The summed E-state index contributed by atoms with van der Waals surface area (Å²) >= 11 is 6.52. The second-order valence-corrected chi connectivity index (χ2v) is 8.49. The van der Waals surface area contributed by atoms with Crippen molar-refractivity contribution in [3.05, 3.63) is 81.7 Å². The number of hydrogen-bond donors (Lipinski definition) is 1. The van der Waals surface area contributed by atoms with Crippen molar-refractivity contribution < 1.29 is 27.0 Å². The number of fused-ring (bicyclic) bond motifs is 1. The summed E-state index contributed by atoms with van der Waals surface area (Å²) in [5, 5.41) is 0.824. The van der Waals surface area contributed by atoms with Gasteiger partial charge in [0.25, 0.3) is 0 Å². The Morgan fingerprint density at radius 1 is 1.36 bits per heavy atom. The average Bonchev–Trinajstić information content (AvgIpc) is 3.13. The number of aromatic nitrogens is 2. The van der Waals surface area contributed by atoms with Crippen molar-refractivity contribution in [1.29, 1.82) is 0 Å². The highest BCUT2D eigenvalue weighted by atomic mass is 35.5. The SMILES string of the molecule is C#CC(C)(/C(Cl)=C\C=C(/CF)OCC(F)(F)F)C(OC)c1c[nH]c2c1=CCC(c1cccnc1)=CN=2. The third-order valence-electron chi connectivity index (χ3n) is 5.65. The summed E-state index contributed by atoms with van der Waals surface area (Å²) in [5.74, 6) is 2.09. The molecule has 0 radical (unpaired) electrons. The molecule has 0 aliphatic carbocycles. The van der Waals surface area contributed by atoms with Gasteiger partial charge in [-0.2, -0.15) is 13.2 Å². The lowest BCUT2D eigenvalue weighted by atomic mass is 9.80. The van der Waals surface area contributed by atoms with Crippen LogP contribution in [0.3, 0.4) is 0 Å². The van der Waals surface area contributed by atoms with Gasteiger partial charge >= 0.3 is 6.18 Å². The van der Waals surface area contributed by atoms with Gasteiger partial charge < -0.3 is 14.5 Å². The van der Waals surface area contributed by atoms with Gasteiger partial charge in [0.15, 0.2) is 6.61 Å². The van der Waals surface area contributed by atoms with E-state index in [1.807, 2.05) is 18.2 Å². The molecule has 0 fully saturated rings. The molecule has 5 nitrogen and oxygen atoms in total. The molecule has 1 N–H and O–H groups in total. The van der Waals surface area contributed by atoms with Crippen LogP contribution in [0.5, 0.6) is 0 Å². The van der Waals surface area contributed by atoms with E-state index < -0.39 is 36.7 Å². The molecular formula is C26H24ClF4N3O2. The first-order chi connectivity index (χ1) is 17.1. The lowest BCUT2D eigenvalue weighted by Crippen LogP contribution is -2.33. The smallest absolute Gasteiger partial charge is 0.422 e. The molecule has 10 heteroatoms. The molecular weight excluding hydrogens is 498 g/mol. The summed E-state index contributed by atoms with van der Waals surface area (Å²) < 4.78 is 60.7. The van der Waals surface area contributed by atoms with Gasteiger partial charge in [-0.3, -0.25) is 4.98 Å². The molecule has 2 unspecified atom stereocenters. The lowest BCUT2D eigenvalue weighted by molar-refractivity contribution is -0.165. The van der Waals surface area contributed by atoms with Crippen LogP contribution >= 0.6 is 11.6 Å². The fourth-order valence-corrected chi connectivity index (χ4v) is 3.93. The Morgan fingerprint density at radius 2 is 2.14 bits per heavy atom. The monoisotopic (exact) mass is 521 g/mol. The molecule has 3 rings (SSSR count). The van der Waals surface area contributed by atoms with Crippen LogP contribution in [0, 0.1) is 17.8 Å². The topological polar surface area (TPSA) is 59.5 Å². The first-order valence-electron chi connectivity index (χ1n) is 10.8. The van der Waals surface area contributed by atoms with E-state index in [1.165, 1.54) is 13.2 Å². The molecule has 0 spiro atoms. The minimum absolute atomic E-state index is 0.0492. The van der Waals surface area contributed by atoms with Crippen molar-refractivity contribution in [2.75, 3.05) is 20.4 Å². The molecule has 0 amide bonds. The van der Waals surface area contributed by atoms with Gasteiger partial charge in [0.05, 0.1) is 5.41 Å². The van der Waals surface area contributed by atoms with E-state index in [2.05, 4.69) is 25.6 Å². The van der Waals surface area contributed by atoms with Crippen LogP contribution in [0.4, 0.5) is 17.6 Å². The lowest BCUT2D eigenvalue weighted by Gasteiger charge is -2.31. The number of aromatic amines is 1. The fourth-order valence-electron chi connectivity index (χ4n) is 3.72. The third kappa shape index (κ3) is 6.25. The quantitative estimate of drug-likeness (QED) is 0.215. The van der Waals surface area contributed by atoms with Gasteiger partial charge in [-0.15, -0.1) is 6.42 Å². The summed E-state index contributed by atoms with van der Waals surface area (Å²) in [6.07, 6.45) is 12.2. The Kier molecular flexibility index (Phi) is 8.77. The van der Waals surface area contributed by atoms with Gasteiger partial charge in [0.2, 0.25) is 0 Å². The number of nitrogens with zero attached hydrogens (tertiary/aromatic N) is 2. The molecule has 0 saturated carbocycles. The number of methoxy groups -OCH3 is 1. The number of nitrogens with one attached hydrogen (secondary N) is 1. The average molecular weight is 522 g/mol. The Balaban J connectivity index is 1.94. The molecule has 190 valence electrons. The van der Waals surface area contributed by atoms with Crippen molar-refractivity contribution in [3.8, 4) is 12.3 Å². The van der Waals surface area contributed by atoms with Crippen LogP contribution in [0.1, 0.15) is 30.6 Å². The molecule has 0 bridgehead atoms. The first kappa shape index (κ1) is 27.2. The first-order valence-corrected chi connectivity index (χ1v) is 11.2. The van der Waals surface area contributed by atoms with Crippen LogP contribution < -0.4 is 10.7 Å². The van der Waals surface area contributed by atoms with Crippen LogP contribution in [0.15, 0.2) is 64.9 Å². The Morgan fingerprint density at radius 3 is 2.75 bits per heavy atom. The summed E-state index contributed by atoms with van der Waals surface area (Å²) in [6.45, 7) is -1.22. The van der Waals surface area contributed by atoms with E-state index in [4.69, 9.17) is 22.8 Å². The molecule has 1 aliphatic heterocycles.